The van der Waals surface area contributed by atoms with Crippen molar-refractivity contribution in [1.29, 1.82) is 0 Å². The number of nitrogens with zero attached hydrogens (tertiary/aromatic N) is 1. The summed E-state index contributed by atoms with van der Waals surface area (Å²) in [7, 11) is 0. The summed E-state index contributed by atoms with van der Waals surface area (Å²) < 4.78 is 14.4. The van der Waals surface area contributed by atoms with Crippen molar-refractivity contribution >= 4 is 5.69 Å². The summed E-state index contributed by atoms with van der Waals surface area (Å²) in [5.74, 6) is -0.143. The van der Waals surface area contributed by atoms with E-state index in [-0.39, 0.29) is 12.4 Å². The van der Waals surface area contributed by atoms with Gasteiger partial charge < -0.3 is 15.3 Å². The van der Waals surface area contributed by atoms with Crippen molar-refractivity contribution in [2.75, 3.05) is 24.6 Å². The molecule has 2 N–H and O–H groups in total. The van der Waals surface area contributed by atoms with Crippen LogP contribution >= 0.6 is 0 Å². The Morgan fingerprint density at radius 1 is 1.38 bits per heavy atom. The number of hydrogen-bond acceptors (Lipinski definition) is 3. The quantitative estimate of drug-likeness (QED) is 0.687. The molecule has 0 unspecified atom stereocenters. The van der Waals surface area contributed by atoms with Gasteiger partial charge in [-0.2, -0.15) is 0 Å². The van der Waals surface area contributed by atoms with E-state index in [1.165, 1.54) is 6.42 Å². The monoisotopic (exact) mass is 294 g/mol. The highest BCUT2D eigenvalue weighted by atomic mass is 19.1. The van der Waals surface area contributed by atoms with Gasteiger partial charge in [0.15, 0.2) is 0 Å². The number of rotatable bonds is 9. The molecule has 118 valence electrons. The SMILES string of the molecule is CCCNCc1cccc(F)c1N(CCCO)C1CCC1. The molecule has 0 heterocycles. The van der Waals surface area contributed by atoms with Gasteiger partial charge in [-0.1, -0.05) is 19.1 Å². The molecule has 4 heteroatoms. The van der Waals surface area contributed by atoms with Crippen molar-refractivity contribution in [3.63, 3.8) is 0 Å². The highest BCUT2D eigenvalue weighted by Gasteiger charge is 2.28. The summed E-state index contributed by atoms with van der Waals surface area (Å²) in [6.07, 6.45) is 5.23. The summed E-state index contributed by atoms with van der Waals surface area (Å²) in [6.45, 7) is 4.64. The molecule has 0 aromatic heterocycles. The largest absolute Gasteiger partial charge is 0.396 e. The van der Waals surface area contributed by atoms with Gasteiger partial charge in [0.05, 0.1) is 5.69 Å². The van der Waals surface area contributed by atoms with Crippen molar-refractivity contribution in [3.05, 3.63) is 29.6 Å². The van der Waals surface area contributed by atoms with Crippen molar-refractivity contribution in [2.24, 2.45) is 0 Å². The van der Waals surface area contributed by atoms with E-state index in [1.807, 2.05) is 6.07 Å². The Morgan fingerprint density at radius 3 is 2.81 bits per heavy atom. The maximum Gasteiger partial charge on any atom is 0.146 e. The van der Waals surface area contributed by atoms with Crippen LogP contribution in [0.4, 0.5) is 10.1 Å². The van der Waals surface area contributed by atoms with Crippen molar-refractivity contribution in [3.8, 4) is 0 Å². The molecule has 0 atom stereocenters. The van der Waals surface area contributed by atoms with Crippen LogP contribution in [-0.2, 0) is 6.54 Å². The summed E-state index contributed by atoms with van der Waals surface area (Å²) in [5.41, 5.74) is 1.76. The van der Waals surface area contributed by atoms with Crippen LogP contribution in [0.1, 0.15) is 44.6 Å². The van der Waals surface area contributed by atoms with Crippen LogP contribution in [0.5, 0.6) is 0 Å². The Kier molecular flexibility index (Phi) is 6.46. The van der Waals surface area contributed by atoms with Gasteiger partial charge in [0.2, 0.25) is 0 Å². The van der Waals surface area contributed by atoms with Gasteiger partial charge in [-0.05, 0) is 50.3 Å². The summed E-state index contributed by atoms with van der Waals surface area (Å²) in [6, 6.07) is 5.76. The number of hydrogen-bond donors (Lipinski definition) is 2. The second-order valence-electron chi connectivity index (χ2n) is 5.78. The molecule has 0 spiro atoms. The number of aliphatic hydroxyl groups is 1. The van der Waals surface area contributed by atoms with Crippen LogP contribution < -0.4 is 10.2 Å². The molecular formula is C17H27FN2O. The number of anilines is 1. The minimum absolute atomic E-state index is 0.143. The van der Waals surface area contributed by atoms with Crippen LogP contribution in [0.25, 0.3) is 0 Å². The first-order chi connectivity index (χ1) is 10.3. The minimum atomic E-state index is -0.143. The van der Waals surface area contributed by atoms with Crippen LogP contribution in [-0.4, -0.2) is 30.8 Å². The summed E-state index contributed by atoms with van der Waals surface area (Å²) in [5, 5.41) is 12.5. The van der Waals surface area contributed by atoms with Gasteiger partial charge in [-0.15, -0.1) is 0 Å². The molecule has 21 heavy (non-hydrogen) atoms. The molecule has 1 aliphatic carbocycles. The zero-order valence-corrected chi connectivity index (χ0v) is 12.9. The predicted molar refractivity (Wildman–Crippen MR) is 85.1 cm³/mol. The Balaban J connectivity index is 2.19. The van der Waals surface area contributed by atoms with E-state index >= 15 is 0 Å². The summed E-state index contributed by atoms with van der Waals surface area (Å²) in [4.78, 5) is 2.18. The molecule has 1 fully saturated rings. The second-order valence-corrected chi connectivity index (χ2v) is 5.78. The first-order valence-corrected chi connectivity index (χ1v) is 8.13. The Bertz CT molecular complexity index is 435. The third-order valence-corrected chi connectivity index (χ3v) is 4.17. The van der Waals surface area contributed by atoms with Crippen molar-refractivity contribution in [1.82, 2.24) is 5.32 Å². The number of halogens is 1. The highest BCUT2D eigenvalue weighted by molar-refractivity contribution is 5.56. The van der Waals surface area contributed by atoms with Gasteiger partial charge in [-0.25, -0.2) is 4.39 Å². The lowest BCUT2D eigenvalue weighted by molar-refractivity contribution is 0.282. The molecule has 1 aromatic carbocycles. The summed E-state index contributed by atoms with van der Waals surface area (Å²) >= 11 is 0. The van der Waals surface area contributed by atoms with Gasteiger partial charge in [0.25, 0.3) is 0 Å². The first-order valence-electron chi connectivity index (χ1n) is 8.13. The van der Waals surface area contributed by atoms with Crippen LogP contribution in [0, 0.1) is 5.82 Å². The van der Waals surface area contributed by atoms with Gasteiger partial charge in [0, 0.05) is 25.7 Å². The van der Waals surface area contributed by atoms with E-state index in [9.17, 15) is 4.39 Å². The smallest absolute Gasteiger partial charge is 0.146 e. The second kappa shape index (κ2) is 8.35. The zero-order chi connectivity index (χ0) is 15.1. The fraction of sp³-hybridized carbons (Fsp3) is 0.647. The third kappa shape index (κ3) is 4.17. The molecule has 1 aromatic rings. The average molecular weight is 294 g/mol. The lowest BCUT2D eigenvalue weighted by Gasteiger charge is -2.40. The normalized spacial score (nSPS) is 15.0. The number of benzene rings is 1. The van der Waals surface area contributed by atoms with E-state index in [0.29, 0.717) is 19.0 Å². The molecule has 0 radical (unpaired) electrons. The topological polar surface area (TPSA) is 35.5 Å². The van der Waals surface area contributed by atoms with E-state index in [4.69, 9.17) is 5.11 Å². The van der Waals surface area contributed by atoms with Crippen molar-refractivity contribution < 1.29 is 9.50 Å². The molecule has 3 nitrogen and oxygen atoms in total. The molecule has 1 aliphatic rings. The van der Waals surface area contributed by atoms with E-state index in [2.05, 4.69) is 17.1 Å². The molecule has 1 saturated carbocycles. The third-order valence-electron chi connectivity index (χ3n) is 4.17. The lowest BCUT2D eigenvalue weighted by atomic mass is 9.90. The van der Waals surface area contributed by atoms with E-state index < -0.39 is 0 Å². The molecule has 0 amide bonds. The van der Waals surface area contributed by atoms with Crippen LogP contribution in [0.3, 0.4) is 0 Å². The maximum absolute atomic E-state index is 14.4. The molecular weight excluding hydrogens is 267 g/mol. The van der Waals surface area contributed by atoms with Crippen LogP contribution in [0.15, 0.2) is 18.2 Å². The van der Waals surface area contributed by atoms with Crippen molar-refractivity contribution in [2.45, 2.75) is 51.6 Å². The predicted octanol–water partition coefficient (Wildman–Crippen LogP) is 3.07. The number of nitrogens with one attached hydrogen (secondary N) is 1. The molecule has 2 rings (SSSR count). The highest BCUT2D eigenvalue weighted by Crippen LogP contribution is 2.33. The fourth-order valence-corrected chi connectivity index (χ4v) is 2.84. The maximum atomic E-state index is 14.4. The van der Waals surface area contributed by atoms with Crippen LogP contribution in [0.2, 0.25) is 0 Å². The fourth-order valence-electron chi connectivity index (χ4n) is 2.84. The van der Waals surface area contributed by atoms with E-state index in [1.54, 1.807) is 12.1 Å². The number of aliphatic hydroxyl groups excluding tert-OH is 1. The Hall–Kier alpha value is -1.13. The first kappa shape index (κ1) is 16.2. The Morgan fingerprint density at radius 2 is 2.19 bits per heavy atom. The van der Waals surface area contributed by atoms with E-state index in [0.717, 1.165) is 43.6 Å². The minimum Gasteiger partial charge on any atom is -0.396 e. The lowest BCUT2D eigenvalue weighted by Crippen LogP contribution is -2.42. The van der Waals surface area contributed by atoms with Gasteiger partial charge in [-0.3, -0.25) is 0 Å². The van der Waals surface area contributed by atoms with Gasteiger partial charge in [0.1, 0.15) is 5.82 Å². The standard InChI is InChI=1S/C17H27FN2O/c1-2-10-19-13-14-6-3-9-16(18)17(14)20(11-5-12-21)15-7-4-8-15/h3,6,9,15,19,21H,2,4-5,7-8,10-13H2,1H3. The Labute approximate surface area is 127 Å². The molecule has 0 saturated heterocycles. The molecule has 0 bridgehead atoms. The average Bonchev–Trinajstić information content (AvgIpc) is 2.42. The zero-order valence-electron chi connectivity index (χ0n) is 12.9. The van der Waals surface area contributed by atoms with Gasteiger partial charge >= 0.3 is 0 Å². The number of para-hydroxylation sites is 1. The molecule has 0 aliphatic heterocycles.